The van der Waals surface area contributed by atoms with E-state index in [0.29, 0.717) is 32.6 Å². The van der Waals surface area contributed by atoms with Gasteiger partial charge in [-0.2, -0.15) is 0 Å². The minimum absolute atomic E-state index is 0.0554. The van der Waals surface area contributed by atoms with Crippen molar-refractivity contribution in [3.05, 3.63) is 65.7 Å². The first kappa shape index (κ1) is 26.3. The first-order chi connectivity index (χ1) is 17.0. The highest BCUT2D eigenvalue weighted by atomic mass is 16.5. The third kappa shape index (κ3) is 7.86. The van der Waals surface area contributed by atoms with Gasteiger partial charge in [0, 0.05) is 63.5 Å². The highest BCUT2D eigenvalue weighted by molar-refractivity contribution is 5.90. The first-order valence-corrected chi connectivity index (χ1v) is 12.4. The van der Waals surface area contributed by atoms with Crippen molar-refractivity contribution in [2.45, 2.75) is 26.7 Å². The third-order valence-electron chi connectivity index (χ3n) is 6.31. The fraction of sp³-hybridized carbons (Fsp3) is 0.429. The fourth-order valence-electron chi connectivity index (χ4n) is 4.14. The molecule has 1 aliphatic heterocycles. The Kier molecular flexibility index (Phi) is 10.2. The van der Waals surface area contributed by atoms with Gasteiger partial charge in [-0.3, -0.25) is 9.69 Å². The molecule has 0 aromatic heterocycles. The largest absolute Gasteiger partial charge is 0.496 e. The Bertz CT molecular complexity index is 999. The van der Waals surface area contributed by atoms with Crippen LogP contribution in [0.1, 0.15) is 30.9 Å². The second-order valence-electron chi connectivity index (χ2n) is 8.81. The van der Waals surface area contributed by atoms with Crippen molar-refractivity contribution in [2.24, 2.45) is 0 Å². The van der Waals surface area contributed by atoms with E-state index in [4.69, 9.17) is 4.74 Å². The van der Waals surface area contributed by atoms with Gasteiger partial charge in [0.2, 0.25) is 5.91 Å². The molecule has 7 nitrogen and oxygen atoms in total. The molecule has 0 atom stereocenters. The van der Waals surface area contributed by atoms with Crippen LogP contribution < -0.4 is 10.1 Å². The third-order valence-corrected chi connectivity index (χ3v) is 6.31. The van der Waals surface area contributed by atoms with Crippen LogP contribution in [0.3, 0.4) is 0 Å². The molecule has 0 radical (unpaired) electrons. The molecule has 0 unspecified atom stereocenters. The number of rotatable bonds is 10. The molecule has 0 bridgehead atoms. The number of benzene rings is 2. The maximum Gasteiger partial charge on any atom is 0.321 e. The molecular weight excluding hydrogens is 440 g/mol. The van der Waals surface area contributed by atoms with Crippen LogP contribution in [0.15, 0.2) is 54.6 Å². The Morgan fingerprint density at radius 2 is 1.77 bits per heavy atom. The molecule has 1 fully saturated rings. The highest BCUT2D eigenvalue weighted by Crippen LogP contribution is 2.19. The van der Waals surface area contributed by atoms with E-state index in [9.17, 15) is 9.59 Å². The smallest absolute Gasteiger partial charge is 0.321 e. The van der Waals surface area contributed by atoms with Gasteiger partial charge < -0.3 is 19.9 Å². The number of nitrogens with zero attached hydrogens (tertiary/aromatic N) is 3. The summed E-state index contributed by atoms with van der Waals surface area (Å²) in [5.74, 6) is 0.993. The number of carbonyl (C=O) groups is 2. The molecule has 1 N–H and O–H groups in total. The van der Waals surface area contributed by atoms with Crippen molar-refractivity contribution < 1.29 is 14.3 Å². The summed E-state index contributed by atoms with van der Waals surface area (Å²) in [5.41, 5.74) is 2.90. The molecule has 7 heteroatoms. The standard InChI is InChI=1S/C28H38N4O3/c1-4-10-27(33)31(16-9-13-24-12-6-8-15-26(24)35-3)20-17-30-18-21-32(22-19-30)28(34)29-25-14-7-5-11-23(25)2/h5-9,11-15H,4,10,16-22H2,1-3H3,(H,29,34). The fourth-order valence-corrected chi connectivity index (χ4v) is 4.14. The molecule has 35 heavy (non-hydrogen) atoms. The van der Waals surface area contributed by atoms with E-state index in [-0.39, 0.29) is 11.9 Å². The molecule has 188 valence electrons. The van der Waals surface area contributed by atoms with Crippen molar-refractivity contribution >= 4 is 23.7 Å². The number of ether oxygens (including phenoxy) is 1. The predicted octanol–water partition coefficient (Wildman–Crippen LogP) is 4.50. The molecule has 1 aliphatic rings. The minimum Gasteiger partial charge on any atom is -0.496 e. The Hall–Kier alpha value is -3.32. The molecule has 2 aromatic carbocycles. The number of carbonyl (C=O) groups excluding carboxylic acids is 2. The number of hydrogen-bond acceptors (Lipinski definition) is 4. The molecule has 0 aliphatic carbocycles. The minimum atomic E-state index is -0.0554. The number of piperazine rings is 1. The topological polar surface area (TPSA) is 65.1 Å². The summed E-state index contributed by atoms with van der Waals surface area (Å²) in [6.07, 6.45) is 5.42. The van der Waals surface area contributed by atoms with E-state index < -0.39 is 0 Å². The van der Waals surface area contributed by atoms with Gasteiger partial charge in [-0.05, 0) is 31.0 Å². The van der Waals surface area contributed by atoms with Crippen LogP contribution in [-0.4, -0.2) is 79.6 Å². The summed E-state index contributed by atoms with van der Waals surface area (Å²) in [6, 6.07) is 15.6. The lowest BCUT2D eigenvalue weighted by atomic mass is 10.2. The van der Waals surface area contributed by atoms with Crippen LogP contribution in [0.4, 0.5) is 10.5 Å². The zero-order valence-corrected chi connectivity index (χ0v) is 21.2. The molecule has 0 saturated carbocycles. The Morgan fingerprint density at radius 3 is 2.49 bits per heavy atom. The summed E-state index contributed by atoms with van der Waals surface area (Å²) >= 11 is 0. The average molecular weight is 479 g/mol. The van der Waals surface area contributed by atoms with Crippen LogP contribution in [0.2, 0.25) is 0 Å². The quantitative estimate of drug-likeness (QED) is 0.546. The molecule has 3 rings (SSSR count). The highest BCUT2D eigenvalue weighted by Gasteiger charge is 2.22. The molecule has 0 spiro atoms. The predicted molar refractivity (Wildman–Crippen MR) is 142 cm³/mol. The molecular formula is C28H38N4O3. The average Bonchev–Trinajstić information content (AvgIpc) is 2.88. The number of aryl methyl sites for hydroxylation is 1. The van der Waals surface area contributed by atoms with Crippen LogP contribution in [0.25, 0.3) is 6.08 Å². The van der Waals surface area contributed by atoms with Crippen molar-refractivity contribution in [2.75, 3.05) is 58.2 Å². The SMILES string of the molecule is CCCC(=O)N(CC=Cc1ccccc1OC)CCN1CCN(C(=O)Nc2ccccc2C)CC1. The van der Waals surface area contributed by atoms with E-state index in [1.807, 2.05) is 84.3 Å². The zero-order chi connectivity index (χ0) is 25.0. The molecule has 3 amide bonds. The lowest BCUT2D eigenvalue weighted by Gasteiger charge is -2.35. The summed E-state index contributed by atoms with van der Waals surface area (Å²) in [5, 5.41) is 3.02. The van der Waals surface area contributed by atoms with E-state index in [0.717, 1.165) is 48.6 Å². The lowest BCUT2D eigenvalue weighted by Crippen LogP contribution is -2.51. The van der Waals surface area contributed by atoms with Crippen LogP contribution >= 0.6 is 0 Å². The summed E-state index contributed by atoms with van der Waals surface area (Å²) in [4.78, 5) is 31.5. The summed E-state index contributed by atoms with van der Waals surface area (Å²) in [6.45, 7) is 9.00. The second-order valence-corrected chi connectivity index (χ2v) is 8.81. The number of nitrogens with one attached hydrogen (secondary N) is 1. The lowest BCUT2D eigenvalue weighted by molar-refractivity contribution is -0.130. The molecule has 1 heterocycles. The van der Waals surface area contributed by atoms with E-state index in [2.05, 4.69) is 10.2 Å². The number of para-hydroxylation sites is 2. The van der Waals surface area contributed by atoms with Crippen LogP contribution in [0.5, 0.6) is 5.75 Å². The first-order valence-electron chi connectivity index (χ1n) is 12.4. The molecule has 1 saturated heterocycles. The zero-order valence-electron chi connectivity index (χ0n) is 21.2. The van der Waals surface area contributed by atoms with Crippen molar-refractivity contribution in [1.29, 1.82) is 0 Å². The summed E-state index contributed by atoms with van der Waals surface area (Å²) < 4.78 is 5.41. The van der Waals surface area contributed by atoms with Crippen LogP contribution in [0, 0.1) is 6.92 Å². The van der Waals surface area contributed by atoms with E-state index in [1.54, 1.807) is 7.11 Å². The van der Waals surface area contributed by atoms with Crippen LogP contribution in [-0.2, 0) is 4.79 Å². The van der Waals surface area contributed by atoms with Gasteiger partial charge in [-0.1, -0.05) is 55.5 Å². The Balaban J connectivity index is 1.49. The van der Waals surface area contributed by atoms with Gasteiger partial charge in [-0.25, -0.2) is 4.79 Å². The molecule has 2 aromatic rings. The van der Waals surface area contributed by atoms with E-state index in [1.165, 1.54) is 0 Å². The van der Waals surface area contributed by atoms with Crippen molar-refractivity contribution in [3.8, 4) is 5.75 Å². The number of amides is 3. The normalized spacial score (nSPS) is 14.2. The Morgan fingerprint density at radius 1 is 1.06 bits per heavy atom. The van der Waals surface area contributed by atoms with Gasteiger partial charge in [0.05, 0.1) is 7.11 Å². The van der Waals surface area contributed by atoms with Gasteiger partial charge in [0.15, 0.2) is 0 Å². The monoisotopic (exact) mass is 478 g/mol. The second kappa shape index (κ2) is 13.5. The maximum absolute atomic E-state index is 12.7. The van der Waals surface area contributed by atoms with Gasteiger partial charge >= 0.3 is 6.03 Å². The van der Waals surface area contributed by atoms with Gasteiger partial charge in [0.25, 0.3) is 0 Å². The number of anilines is 1. The van der Waals surface area contributed by atoms with Crippen molar-refractivity contribution in [1.82, 2.24) is 14.7 Å². The number of urea groups is 1. The van der Waals surface area contributed by atoms with Gasteiger partial charge in [0.1, 0.15) is 5.75 Å². The van der Waals surface area contributed by atoms with E-state index >= 15 is 0 Å². The Labute approximate surface area is 209 Å². The summed E-state index contributed by atoms with van der Waals surface area (Å²) in [7, 11) is 1.66. The van der Waals surface area contributed by atoms with Crippen molar-refractivity contribution in [3.63, 3.8) is 0 Å². The number of methoxy groups -OCH3 is 1. The van der Waals surface area contributed by atoms with Gasteiger partial charge in [-0.15, -0.1) is 0 Å². The maximum atomic E-state index is 12.7. The number of hydrogen-bond donors (Lipinski definition) is 1.